The summed E-state index contributed by atoms with van der Waals surface area (Å²) in [7, 11) is 3.29. The third kappa shape index (κ3) is 2.82. The van der Waals surface area contributed by atoms with Gasteiger partial charge in [0, 0.05) is 10.3 Å². The van der Waals surface area contributed by atoms with E-state index in [9.17, 15) is 0 Å². The van der Waals surface area contributed by atoms with E-state index in [1.807, 2.05) is 29.6 Å². The van der Waals surface area contributed by atoms with Crippen LogP contribution < -0.4 is 9.47 Å². The van der Waals surface area contributed by atoms with Crippen molar-refractivity contribution in [2.45, 2.75) is 5.38 Å². The Labute approximate surface area is 124 Å². The van der Waals surface area contributed by atoms with Crippen LogP contribution in [0.15, 0.2) is 34.1 Å². The van der Waals surface area contributed by atoms with Crippen molar-refractivity contribution < 1.29 is 9.47 Å². The molecule has 96 valence electrons. The minimum atomic E-state index is -0.180. The molecular weight excluding hydrogens is 336 g/mol. The smallest absolute Gasteiger partial charge is 0.133 e. The summed E-state index contributed by atoms with van der Waals surface area (Å²) in [5, 5.41) is 1.77. The molecule has 18 heavy (non-hydrogen) atoms. The molecule has 2 nitrogen and oxygen atoms in total. The van der Waals surface area contributed by atoms with E-state index in [-0.39, 0.29) is 5.38 Å². The average Bonchev–Trinajstić information content (AvgIpc) is 2.86. The zero-order valence-corrected chi connectivity index (χ0v) is 13.1. The first-order chi connectivity index (χ1) is 8.65. The molecule has 1 heterocycles. The number of halogens is 2. The van der Waals surface area contributed by atoms with Gasteiger partial charge in [0.05, 0.1) is 24.1 Å². The van der Waals surface area contributed by atoms with Crippen molar-refractivity contribution in [1.82, 2.24) is 0 Å². The maximum absolute atomic E-state index is 6.46. The van der Waals surface area contributed by atoms with Gasteiger partial charge in [-0.1, -0.05) is 6.07 Å². The molecule has 1 unspecified atom stereocenters. The SMILES string of the molecule is COc1csc(C(Cl)c2ccc(OC)c(Br)c2)c1. The molecular formula is C13H12BrClO2S. The Morgan fingerprint density at radius 1 is 1.22 bits per heavy atom. The summed E-state index contributed by atoms with van der Waals surface area (Å²) in [5.74, 6) is 1.64. The van der Waals surface area contributed by atoms with Gasteiger partial charge in [-0.05, 0) is 39.7 Å². The molecule has 0 saturated heterocycles. The Morgan fingerprint density at radius 3 is 2.56 bits per heavy atom. The fraction of sp³-hybridized carbons (Fsp3) is 0.231. The third-order valence-corrected chi connectivity index (χ3v) is 4.76. The topological polar surface area (TPSA) is 18.5 Å². The van der Waals surface area contributed by atoms with Gasteiger partial charge in [0.2, 0.25) is 0 Å². The molecule has 2 rings (SSSR count). The first-order valence-corrected chi connectivity index (χ1v) is 7.36. The van der Waals surface area contributed by atoms with Gasteiger partial charge in [0.15, 0.2) is 0 Å². The predicted octanol–water partition coefficient (Wildman–Crippen LogP) is 4.86. The molecule has 1 aromatic carbocycles. The van der Waals surface area contributed by atoms with Gasteiger partial charge in [-0.2, -0.15) is 0 Å². The van der Waals surface area contributed by atoms with E-state index in [0.717, 1.165) is 26.4 Å². The maximum atomic E-state index is 6.46. The lowest BCUT2D eigenvalue weighted by Crippen LogP contribution is -1.92. The van der Waals surface area contributed by atoms with Gasteiger partial charge in [-0.15, -0.1) is 22.9 Å². The second kappa shape index (κ2) is 5.95. The number of hydrogen-bond donors (Lipinski definition) is 0. The monoisotopic (exact) mass is 346 g/mol. The Balaban J connectivity index is 2.27. The van der Waals surface area contributed by atoms with Gasteiger partial charge < -0.3 is 9.47 Å². The second-order valence-electron chi connectivity index (χ2n) is 3.65. The molecule has 0 aliphatic rings. The Morgan fingerprint density at radius 2 is 2.00 bits per heavy atom. The van der Waals surface area contributed by atoms with Gasteiger partial charge in [0.25, 0.3) is 0 Å². The maximum Gasteiger partial charge on any atom is 0.133 e. The summed E-state index contributed by atoms with van der Waals surface area (Å²) in [6.45, 7) is 0. The highest BCUT2D eigenvalue weighted by Crippen LogP contribution is 2.38. The van der Waals surface area contributed by atoms with E-state index in [1.165, 1.54) is 0 Å². The van der Waals surface area contributed by atoms with Crippen molar-refractivity contribution in [3.05, 3.63) is 44.6 Å². The minimum absolute atomic E-state index is 0.180. The van der Waals surface area contributed by atoms with Gasteiger partial charge in [0.1, 0.15) is 11.5 Å². The molecule has 0 spiro atoms. The highest BCUT2D eigenvalue weighted by atomic mass is 79.9. The Hall–Kier alpha value is -0.710. The van der Waals surface area contributed by atoms with Crippen LogP contribution in [0.2, 0.25) is 0 Å². The summed E-state index contributed by atoms with van der Waals surface area (Å²) in [4.78, 5) is 1.06. The highest BCUT2D eigenvalue weighted by molar-refractivity contribution is 9.10. The minimum Gasteiger partial charge on any atom is -0.496 e. The van der Waals surface area contributed by atoms with Crippen LogP contribution in [0.3, 0.4) is 0 Å². The molecule has 0 fully saturated rings. The van der Waals surface area contributed by atoms with E-state index < -0.39 is 0 Å². The van der Waals surface area contributed by atoms with Crippen molar-refractivity contribution in [3.63, 3.8) is 0 Å². The van der Waals surface area contributed by atoms with Gasteiger partial charge in [-0.25, -0.2) is 0 Å². The molecule has 1 aromatic heterocycles. The Bertz CT molecular complexity index is 542. The van der Waals surface area contributed by atoms with E-state index in [1.54, 1.807) is 25.6 Å². The third-order valence-electron chi connectivity index (χ3n) is 2.55. The number of thiophene rings is 1. The van der Waals surface area contributed by atoms with E-state index in [4.69, 9.17) is 21.1 Å². The van der Waals surface area contributed by atoms with Crippen LogP contribution in [0, 0.1) is 0 Å². The zero-order chi connectivity index (χ0) is 13.1. The van der Waals surface area contributed by atoms with E-state index >= 15 is 0 Å². The lowest BCUT2D eigenvalue weighted by Gasteiger charge is -2.10. The standard InChI is InChI=1S/C13H12BrClO2S/c1-16-9-6-12(18-7-9)13(15)8-3-4-11(17-2)10(14)5-8/h3-7,13H,1-2H3. The van der Waals surface area contributed by atoms with Crippen LogP contribution in [0.1, 0.15) is 15.8 Å². The molecule has 0 N–H and O–H groups in total. The van der Waals surface area contributed by atoms with Crippen molar-refractivity contribution in [2.24, 2.45) is 0 Å². The molecule has 0 amide bonds. The summed E-state index contributed by atoms with van der Waals surface area (Å²) < 4.78 is 11.3. The van der Waals surface area contributed by atoms with Crippen LogP contribution in [0.5, 0.6) is 11.5 Å². The molecule has 0 aliphatic heterocycles. The highest BCUT2D eigenvalue weighted by Gasteiger charge is 2.15. The second-order valence-corrected chi connectivity index (χ2v) is 5.88. The number of methoxy groups -OCH3 is 2. The number of hydrogen-bond acceptors (Lipinski definition) is 3. The van der Waals surface area contributed by atoms with E-state index in [0.29, 0.717) is 0 Å². The number of rotatable bonds is 4. The fourth-order valence-corrected chi connectivity index (χ4v) is 3.35. The van der Waals surface area contributed by atoms with Crippen molar-refractivity contribution in [1.29, 1.82) is 0 Å². The number of benzene rings is 1. The fourth-order valence-electron chi connectivity index (χ4n) is 1.58. The predicted molar refractivity (Wildman–Crippen MR) is 79.3 cm³/mol. The van der Waals surface area contributed by atoms with Crippen LogP contribution in [0.4, 0.5) is 0 Å². The normalized spacial score (nSPS) is 12.2. The van der Waals surface area contributed by atoms with Crippen molar-refractivity contribution >= 4 is 38.9 Å². The zero-order valence-electron chi connectivity index (χ0n) is 9.94. The van der Waals surface area contributed by atoms with Crippen LogP contribution in [-0.2, 0) is 0 Å². The van der Waals surface area contributed by atoms with Crippen LogP contribution >= 0.6 is 38.9 Å². The number of alkyl halides is 1. The summed E-state index contributed by atoms with van der Waals surface area (Å²) in [6.07, 6.45) is 0. The van der Waals surface area contributed by atoms with Crippen LogP contribution in [0.25, 0.3) is 0 Å². The first-order valence-electron chi connectivity index (χ1n) is 5.25. The molecule has 1 atom stereocenters. The average molecular weight is 348 g/mol. The van der Waals surface area contributed by atoms with Crippen LogP contribution in [-0.4, -0.2) is 14.2 Å². The number of ether oxygens (including phenoxy) is 2. The molecule has 0 radical (unpaired) electrons. The lowest BCUT2D eigenvalue weighted by atomic mass is 10.1. The lowest BCUT2D eigenvalue weighted by molar-refractivity contribution is 0.412. The summed E-state index contributed by atoms with van der Waals surface area (Å²) in [5.41, 5.74) is 1.02. The molecule has 2 aromatic rings. The molecule has 0 bridgehead atoms. The van der Waals surface area contributed by atoms with Crippen molar-refractivity contribution in [3.8, 4) is 11.5 Å². The van der Waals surface area contributed by atoms with E-state index in [2.05, 4.69) is 15.9 Å². The summed E-state index contributed by atoms with van der Waals surface area (Å²) >= 11 is 11.5. The molecule has 0 saturated carbocycles. The quantitative estimate of drug-likeness (QED) is 0.736. The van der Waals surface area contributed by atoms with Gasteiger partial charge in [-0.3, -0.25) is 0 Å². The Kier molecular flexibility index (Phi) is 4.54. The molecule has 5 heteroatoms. The van der Waals surface area contributed by atoms with Gasteiger partial charge >= 0.3 is 0 Å². The largest absolute Gasteiger partial charge is 0.496 e. The first kappa shape index (κ1) is 13.7. The summed E-state index contributed by atoms with van der Waals surface area (Å²) in [6, 6.07) is 7.80. The van der Waals surface area contributed by atoms with Crippen molar-refractivity contribution in [2.75, 3.05) is 14.2 Å². The molecule has 0 aliphatic carbocycles.